The summed E-state index contributed by atoms with van der Waals surface area (Å²) in [5.74, 6) is -0.571. The molecule has 6 N–H and O–H groups in total. The molecule has 1 heterocycles. The van der Waals surface area contributed by atoms with E-state index in [9.17, 15) is 14.5 Å². The van der Waals surface area contributed by atoms with Crippen molar-refractivity contribution in [2.45, 2.75) is 24.7 Å². The lowest BCUT2D eigenvalue weighted by Crippen LogP contribution is -2.84. The van der Waals surface area contributed by atoms with Crippen LogP contribution in [-0.4, -0.2) is 48.1 Å². The second-order valence-electron chi connectivity index (χ2n) is 5.28. The Bertz CT molecular complexity index is 563. The molecule has 0 aromatic rings. The van der Waals surface area contributed by atoms with Gasteiger partial charge in [-0.2, -0.15) is 0 Å². The van der Waals surface area contributed by atoms with Gasteiger partial charge in [-0.3, -0.25) is 19.2 Å². The van der Waals surface area contributed by atoms with Gasteiger partial charge in [0.1, 0.15) is 0 Å². The number of phosphoric acid groups is 1. The van der Waals surface area contributed by atoms with Crippen molar-refractivity contribution in [2.24, 2.45) is 5.73 Å². The lowest BCUT2D eigenvalue weighted by atomic mass is 9.99. The zero-order valence-electron chi connectivity index (χ0n) is 13.5. The summed E-state index contributed by atoms with van der Waals surface area (Å²) in [6.45, 7) is 3.44. The molecule has 1 rings (SSSR count). The third-order valence-corrected chi connectivity index (χ3v) is 4.39. The highest BCUT2D eigenvalue weighted by Crippen LogP contribution is 2.42. The molecular weight excluding hydrogens is 339 g/mol. The van der Waals surface area contributed by atoms with Gasteiger partial charge in [0.2, 0.25) is 5.91 Å². The molecule has 0 aromatic carbocycles. The molecule has 1 saturated heterocycles. The van der Waals surface area contributed by atoms with Gasteiger partial charge in [0.25, 0.3) is 0 Å². The van der Waals surface area contributed by atoms with E-state index >= 15 is 0 Å². The first-order chi connectivity index (χ1) is 11.2. The van der Waals surface area contributed by atoms with Crippen molar-refractivity contribution < 1.29 is 38.5 Å². The average molecular weight is 363 g/mol. The van der Waals surface area contributed by atoms with Crippen LogP contribution in [0.2, 0.25) is 0 Å². The number of allylic oxidation sites excluding steroid dienone is 2. The highest BCUT2D eigenvalue weighted by Gasteiger charge is 2.40. The van der Waals surface area contributed by atoms with E-state index in [1.807, 2.05) is 0 Å². The van der Waals surface area contributed by atoms with Crippen LogP contribution in [0.1, 0.15) is 12.8 Å². The predicted molar refractivity (Wildman–Crippen MR) is 85.2 cm³/mol. The molecule has 10 heteroatoms. The number of aliphatic hydroxyl groups is 1. The Kier molecular flexibility index (Phi) is 7.98. The molecule has 3 unspecified atom stereocenters. The molecule has 136 valence electrons. The van der Waals surface area contributed by atoms with E-state index < -0.39 is 19.3 Å². The zero-order chi connectivity index (χ0) is 18.2. The van der Waals surface area contributed by atoms with Crippen molar-refractivity contribution in [3.05, 3.63) is 36.6 Å². The normalized spacial score (nSPS) is 27.3. The van der Waals surface area contributed by atoms with Gasteiger partial charge in [0.15, 0.2) is 6.23 Å². The molecular formula is C14H24N2O7P+. The van der Waals surface area contributed by atoms with Crippen LogP contribution in [0.4, 0.5) is 0 Å². The van der Waals surface area contributed by atoms with Crippen LogP contribution in [0.5, 0.6) is 0 Å². The van der Waals surface area contributed by atoms with E-state index in [4.69, 9.17) is 15.4 Å². The molecule has 24 heavy (non-hydrogen) atoms. The van der Waals surface area contributed by atoms with Gasteiger partial charge in [0.05, 0.1) is 31.4 Å². The van der Waals surface area contributed by atoms with E-state index in [0.29, 0.717) is 6.42 Å². The fraction of sp³-hybridized carbons (Fsp3) is 0.500. The molecule has 0 radical (unpaired) electrons. The van der Waals surface area contributed by atoms with E-state index in [0.717, 1.165) is 7.11 Å². The Hall–Kier alpha value is -1.32. The average Bonchev–Trinajstić information content (AvgIpc) is 2.88. The molecule has 0 bridgehead atoms. The number of carbonyl (C=O) groups is 1. The van der Waals surface area contributed by atoms with Crippen LogP contribution in [0, 0.1) is 0 Å². The number of primary amides is 1. The van der Waals surface area contributed by atoms with Crippen molar-refractivity contribution in [2.75, 3.05) is 20.3 Å². The Morgan fingerprint density at radius 2 is 2.33 bits per heavy atom. The Morgan fingerprint density at radius 3 is 2.92 bits per heavy atom. The summed E-state index contributed by atoms with van der Waals surface area (Å²) in [7, 11) is -2.98. The van der Waals surface area contributed by atoms with Crippen LogP contribution >= 0.6 is 7.82 Å². The molecule has 0 spiro atoms. The molecule has 3 atom stereocenters. The minimum atomic E-state index is -4.04. The van der Waals surface area contributed by atoms with Crippen LogP contribution in [0.15, 0.2) is 36.6 Å². The Balaban J connectivity index is 2.41. The molecule has 1 aliphatic heterocycles. The van der Waals surface area contributed by atoms with Crippen molar-refractivity contribution in [3.63, 3.8) is 0 Å². The second kappa shape index (κ2) is 9.24. The largest absolute Gasteiger partial charge is 0.471 e. The van der Waals surface area contributed by atoms with Crippen molar-refractivity contribution in [3.8, 4) is 0 Å². The summed E-state index contributed by atoms with van der Waals surface area (Å²) in [6.07, 6.45) is 6.30. The van der Waals surface area contributed by atoms with Crippen molar-refractivity contribution in [1.29, 1.82) is 0 Å². The van der Waals surface area contributed by atoms with Gasteiger partial charge in [0, 0.05) is 19.1 Å². The summed E-state index contributed by atoms with van der Waals surface area (Å²) < 4.78 is 25.6. The highest BCUT2D eigenvalue weighted by molar-refractivity contribution is 7.47. The van der Waals surface area contributed by atoms with Gasteiger partial charge < -0.3 is 20.5 Å². The van der Waals surface area contributed by atoms with E-state index in [-0.39, 0.29) is 31.4 Å². The molecule has 1 aliphatic rings. The highest BCUT2D eigenvalue weighted by atomic mass is 31.2. The maximum atomic E-state index is 11.2. The monoisotopic (exact) mass is 363 g/mol. The number of hydrogen-bond acceptors (Lipinski definition) is 6. The number of hydrogen-bond donors (Lipinski definition) is 4. The van der Waals surface area contributed by atoms with Crippen LogP contribution in [0.3, 0.4) is 0 Å². The van der Waals surface area contributed by atoms with Gasteiger partial charge in [-0.15, -0.1) is 0 Å². The van der Waals surface area contributed by atoms with Crippen LogP contribution in [-0.2, 0) is 23.1 Å². The van der Waals surface area contributed by atoms with Gasteiger partial charge in [-0.1, -0.05) is 12.7 Å². The zero-order valence-corrected chi connectivity index (χ0v) is 14.4. The number of carbonyl (C=O) groups excluding carboxylic acids is 1. The lowest BCUT2D eigenvalue weighted by Gasteiger charge is -2.20. The quantitative estimate of drug-likeness (QED) is 0.228. The number of amides is 1. The minimum Gasteiger partial charge on any atom is -0.387 e. The third-order valence-electron chi connectivity index (χ3n) is 3.42. The lowest BCUT2D eigenvalue weighted by molar-refractivity contribution is -0.665. The molecule has 1 amide bonds. The van der Waals surface area contributed by atoms with Crippen LogP contribution in [0.25, 0.3) is 0 Å². The molecule has 0 saturated carbocycles. The standard InChI is InChI=1S/C14H23N2O7P/c1-3-11(13(15)17)5-4-7-16-12-9-14(18,10-22-12)6-8-23-24(19,20)21-2/h3-5,7,12,16,18H,1,6,8-10H2,2H3,(H2,15,17)(H,19,20)/p+1. The van der Waals surface area contributed by atoms with Gasteiger partial charge in [-0.25, -0.2) is 4.57 Å². The minimum absolute atomic E-state index is 0.0864. The summed E-state index contributed by atoms with van der Waals surface area (Å²) in [6, 6.07) is 0. The first-order valence-electron chi connectivity index (χ1n) is 7.22. The second-order valence-corrected chi connectivity index (χ2v) is 6.84. The first-order valence-corrected chi connectivity index (χ1v) is 8.72. The first kappa shape index (κ1) is 20.7. The van der Waals surface area contributed by atoms with E-state index in [1.54, 1.807) is 17.6 Å². The van der Waals surface area contributed by atoms with Crippen LogP contribution < -0.4 is 11.1 Å². The molecule has 9 nitrogen and oxygen atoms in total. The number of phosphoric ester groups is 1. The summed E-state index contributed by atoms with van der Waals surface area (Å²) >= 11 is 0. The maximum absolute atomic E-state index is 11.2. The van der Waals surface area contributed by atoms with Crippen molar-refractivity contribution >= 4 is 13.7 Å². The summed E-state index contributed by atoms with van der Waals surface area (Å²) in [5.41, 5.74) is 4.28. The SMILES string of the molecule is C=CC(=CC=C[NH2+]C1CC(O)(CCOP(=O)(O)OC)CO1)C(N)=O. The van der Waals surface area contributed by atoms with Crippen molar-refractivity contribution in [1.82, 2.24) is 0 Å². The fourth-order valence-corrected chi connectivity index (χ4v) is 2.48. The molecule has 0 aromatic heterocycles. The fourth-order valence-electron chi connectivity index (χ4n) is 2.05. The third kappa shape index (κ3) is 7.06. The van der Waals surface area contributed by atoms with Gasteiger partial charge in [-0.05, 0) is 12.2 Å². The maximum Gasteiger partial charge on any atom is 0.471 e. The smallest absolute Gasteiger partial charge is 0.387 e. The Morgan fingerprint density at radius 1 is 1.62 bits per heavy atom. The van der Waals surface area contributed by atoms with E-state index in [1.165, 1.54) is 12.2 Å². The summed E-state index contributed by atoms with van der Waals surface area (Å²) in [4.78, 5) is 20.1. The number of rotatable bonds is 10. The number of ether oxygens (including phenoxy) is 1. The molecule has 1 fully saturated rings. The Labute approximate surface area is 140 Å². The van der Waals surface area contributed by atoms with E-state index in [2.05, 4.69) is 15.6 Å². The summed E-state index contributed by atoms with van der Waals surface area (Å²) in [5, 5.41) is 12.1. The predicted octanol–water partition coefficient (Wildman–Crippen LogP) is -0.708. The number of nitrogens with two attached hydrogens (primary N) is 2. The topological polar surface area (TPSA) is 145 Å². The molecule has 0 aliphatic carbocycles. The van der Waals surface area contributed by atoms with Gasteiger partial charge >= 0.3 is 7.82 Å². The number of quaternary nitrogens is 1.